The molecule has 3 heteroatoms. The third-order valence-electron chi connectivity index (χ3n) is 3.30. The van der Waals surface area contributed by atoms with Gasteiger partial charge in [-0.1, -0.05) is 29.8 Å². The van der Waals surface area contributed by atoms with Crippen molar-refractivity contribution < 1.29 is 0 Å². The first kappa shape index (κ1) is 12.8. The Morgan fingerprint density at radius 3 is 2.67 bits per heavy atom. The summed E-state index contributed by atoms with van der Waals surface area (Å²) in [6.45, 7) is 8.07. The first-order valence-electron chi connectivity index (χ1n) is 6.35. The van der Waals surface area contributed by atoms with Gasteiger partial charge in [0.1, 0.15) is 0 Å². The fraction of sp³-hybridized carbons (Fsp3) is 0.400. The second-order valence-corrected chi connectivity index (χ2v) is 4.83. The summed E-state index contributed by atoms with van der Waals surface area (Å²) in [5.74, 6) is 0. The van der Waals surface area contributed by atoms with Gasteiger partial charge in [-0.2, -0.15) is 5.10 Å². The lowest BCUT2D eigenvalue weighted by atomic mass is 10.1. The van der Waals surface area contributed by atoms with Gasteiger partial charge in [0.05, 0.1) is 12.2 Å². The van der Waals surface area contributed by atoms with Gasteiger partial charge < -0.3 is 5.32 Å². The molecule has 0 saturated carbocycles. The number of rotatable bonds is 4. The molecule has 0 atom stereocenters. The lowest BCUT2D eigenvalue weighted by Gasteiger charge is -2.06. The minimum absolute atomic E-state index is 0.845. The van der Waals surface area contributed by atoms with Crippen LogP contribution >= 0.6 is 0 Å². The lowest BCUT2D eigenvalue weighted by Crippen LogP contribution is -2.08. The molecule has 0 unspecified atom stereocenters. The number of nitrogens with one attached hydrogen (secondary N) is 1. The van der Waals surface area contributed by atoms with Crippen LogP contribution in [0.5, 0.6) is 0 Å². The van der Waals surface area contributed by atoms with Crippen molar-refractivity contribution in [2.45, 2.75) is 33.9 Å². The molecule has 1 aromatic carbocycles. The van der Waals surface area contributed by atoms with Crippen LogP contribution in [0, 0.1) is 20.8 Å². The van der Waals surface area contributed by atoms with Crippen molar-refractivity contribution in [3.8, 4) is 0 Å². The maximum atomic E-state index is 4.63. The number of benzene rings is 1. The maximum absolute atomic E-state index is 4.63. The molecular weight excluding hydrogens is 222 g/mol. The van der Waals surface area contributed by atoms with E-state index in [1.54, 1.807) is 0 Å². The average molecular weight is 243 g/mol. The highest BCUT2D eigenvalue weighted by atomic mass is 15.3. The highest BCUT2D eigenvalue weighted by Gasteiger charge is 2.10. The van der Waals surface area contributed by atoms with E-state index in [0.717, 1.165) is 18.8 Å². The molecule has 0 saturated heterocycles. The summed E-state index contributed by atoms with van der Waals surface area (Å²) in [5.41, 5.74) is 6.28. The Hall–Kier alpha value is -1.61. The molecular formula is C15H21N3. The van der Waals surface area contributed by atoms with Gasteiger partial charge in [-0.25, -0.2) is 0 Å². The Morgan fingerprint density at radius 2 is 2.00 bits per heavy atom. The van der Waals surface area contributed by atoms with Crippen LogP contribution in [-0.4, -0.2) is 16.8 Å². The molecule has 0 aliphatic carbocycles. The zero-order valence-corrected chi connectivity index (χ0v) is 11.6. The van der Waals surface area contributed by atoms with Gasteiger partial charge in [0.2, 0.25) is 0 Å². The monoisotopic (exact) mass is 243 g/mol. The Morgan fingerprint density at radius 1 is 1.22 bits per heavy atom. The summed E-state index contributed by atoms with van der Waals surface area (Å²) >= 11 is 0. The van der Waals surface area contributed by atoms with Crippen molar-refractivity contribution in [1.82, 2.24) is 15.1 Å². The predicted octanol–water partition coefficient (Wildman–Crippen LogP) is 2.58. The van der Waals surface area contributed by atoms with Crippen LogP contribution in [0.2, 0.25) is 0 Å². The zero-order valence-electron chi connectivity index (χ0n) is 11.6. The largest absolute Gasteiger partial charge is 0.316 e. The predicted molar refractivity (Wildman–Crippen MR) is 74.7 cm³/mol. The smallest absolute Gasteiger partial charge is 0.0662 e. The van der Waals surface area contributed by atoms with E-state index in [1.165, 1.54) is 22.4 Å². The molecule has 0 bridgehead atoms. The van der Waals surface area contributed by atoms with Gasteiger partial charge >= 0.3 is 0 Å². The van der Waals surface area contributed by atoms with E-state index >= 15 is 0 Å². The van der Waals surface area contributed by atoms with Crippen LogP contribution in [0.25, 0.3) is 0 Å². The van der Waals surface area contributed by atoms with E-state index in [-0.39, 0.29) is 0 Å². The normalized spacial score (nSPS) is 10.9. The third kappa shape index (κ3) is 2.62. The van der Waals surface area contributed by atoms with Crippen molar-refractivity contribution >= 4 is 0 Å². The summed E-state index contributed by atoms with van der Waals surface area (Å²) in [4.78, 5) is 0. The van der Waals surface area contributed by atoms with Crippen LogP contribution in [0.3, 0.4) is 0 Å². The number of hydrogen-bond acceptors (Lipinski definition) is 2. The highest BCUT2D eigenvalue weighted by Crippen LogP contribution is 2.15. The van der Waals surface area contributed by atoms with E-state index in [2.05, 4.69) is 60.1 Å². The van der Waals surface area contributed by atoms with Gasteiger partial charge in [0.15, 0.2) is 0 Å². The average Bonchev–Trinajstić information content (AvgIpc) is 2.57. The van der Waals surface area contributed by atoms with Crippen LogP contribution in [0.1, 0.15) is 28.1 Å². The lowest BCUT2D eigenvalue weighted by molar-refractivity contribution is 0.656. The number of aromatic nitrogens is 2. The molecule has 0 radical (unpaired) electrons. The van der Waals surface area contributed by atoms with E-state index in [1.807, 2.05) is 7.05 Å². The minimum Gasteiger partial charge on any atom is -0.316 e. The molecule has 1 aromatic heterocycles. The van der Waals surface area contributed by atoms with Gasteiger partial charge in [0.25, 0.3) is 0 Å². The van der Waals surface area contributed by atoms with Gasteiger partial charge in [-0.15, -0.1) is 0 Å². The SMILES string of the molecule is CNCc1c(C)nn(Cc2cccc(C)c2)c1C. The molecule has 0 aliphatic heterocycles. The standard InChI is InChI=1S/C15H21N3/c1-11-6-5-7-14(8-11)10-18-13(3)15(9-16-4)12(2)17-18/h5-8,16H,9-10H2,1-4H3. The molecule has 0 fully saturated rings. The molecule has 2 rings (SSSR count). The Balaban J connectivity index is 2.27. The summed E-state index contributed by atoms with van der Waals surface area (Å²) in [5, 5.41) is 7.83. The molecule has 1 heterocycles. The molecule has 1 N–H and O–H groups in total. The minimum atomic E-state index is 0.845. The summed E-state index contributed by atoms with van der Waals surface area (Å²) in [6.07, 6.45) is 0. The summed E-state index contributed by atoms with van der Waals surface area (Å²) in [6, 6.07) is 8.59. The molecule has 0 amide bonds. The molecule has 96 valence electrons. The number of hydrogen-bond donors (Lipinski definition) is 1. The number of aryl methyl sites for hydroxylation is 2. The van der Waals surface area contributed by atoms with Crippen molar-refractivity contribution in [3.63, 3.8) is 0 Å². The van der Waals surface area contributed by atoms with Crippen LogP contribution in [0.15, 0.2) is 24.3 Å². The maximum Gasteiger partial charge on any atom is 0.0662 e. The Kier molecular flexibility index (Phi) is 3.82. The van der Waals surface area contributed by atoms with E-state index in [9.17, 15) is 0 Å². The van der Waals surface area contributed by atoms with Gasteiger partial charge in [-0.3, -0.25) is 4.68 Å². The van der Waals surface area contributed by atoms with Gasteiger partial charge in [0, 0.05) is 17.8 Å². The Bertz CT molecular complexity index is 541. The van der Waals surface area contributed by atoms with Crippen molar-refractivity contribution in [1.29, 1.82) is 0 Å². The summed E-state index contributed by atoms with van der Waals surface area (Å²) < 4.78 is 2.09. The number of nitrogens with zero attached hydrogens (tertiary/aromatic N) is 2. The van der Waals surface area contributed by atoms with E-state index < -0.39 is 0 Å². The molecule has 2 aromatic rings. The van der Waals surface area contributed by atoms with E-state index in [0.29, 0.717) is 0 Å². The quantitative estimate of drug-likeness (QED) is 0.894. The van der Waals surface area contributed by atoms with Gasteiger partial charge in [-0.05, 0) is 33.4 Å². The van der Waals surface area contributed by atoms with Crippen LogP contribution in [-0.2, 0) is 13.1 Å². The molecule has 3 nitrogen and oxygen atoms in total. The second-order valence-electron chi connectivity index (χ2n) is 4.83. The highest BCUT2D eigenvalue weighted by molar-refractivity contribution is 5.27. The fourth-order valence-corrected chi connectivity index (χ4v) is 2.30. The second kappa shape index (κ2) is 5.36. The Labute approximate surface area is 109 Å². The molecule has 18 heavy (non-hydrogen) atoms. The van der Waals surface area contributed by atoms with E-state index in [4.69, 9.17) is 0 Å². The first-order valence-corrected chi connectivity index (χ1v) is 6.35. The summed E-state index contributed by atoms with van der Waals surface area (Å²) in [7, 11) is 1.97. The topological polar surface area (TPSA) is 29.9 Å². The first-order chi connectivity index (χ1) is 8.61. The van der Waals surface area contributed by atoms with Crippen molar-refractivity contribution in [2.75, 3.05) is 7.05 Å². The van der Waals surface area contributed by atoms with Crippen molar-refractivity contribution in [2.24, 2.45) is 0 Å². The molecule has 0 spiro atoms. The van der Waals surface area contributed by atoms with Crippen LogP contribution < -0.4 is 5.32 Å². The zero-order chi connectivity index (χ0) is 13.1. The van der Waals surface area contributed by atoms with Crippen molar-refractivity contribution in [3.05, 3.63) is 52.3 Å². The fourth-order valence-electron chi connectivity index (χ4n) is 2.30. The van der Waals surface area contributed by atoms with Crippen LogP contribution in [0.4, 0.5) is 0 Å². The third-order valence-corrected chi connectivity index (χ3v) is 3.30. The molecule has 0 aliphatic rings.